The van der Waals surface area contributed by atoms with Crippen molar-refractivity contribution in [3.63, 3.8) is 0 Å². The highest BCUT2D eigenvalue weighted by Gasteiger charge is 2.20. The van der Waals surface area contributed by atoms with Crippen LogP contribution in [-0.2, 0) is 0 Å². The zero-order chi connectivity index (χ0) is 36.7. The van der Waals surface area contributed by atoms with Crippen LogP contribution in [0.4, 0.5) is 22.7 Å². The Morgan fingerprint density at radius 3 is 1.98 bits per heavy atom. The van der Waals surface area contributed by atoms with Crippen molar-refractivity contribution in [1.29, 1.82) is 0 Å². The van der Waals surface area contributed by atoms with Crippen LogP contribution < -0.4 is 10.2 Å². The number of rotatable bonds is 6. The van der Waals surface area contributed by atoms with Crippen LogP contribution >= 0.6 is 0 Å². The highest BCUT2D eigenvalue weighted by molar-refractivity contribution is 6.17. The van der Waals surface area contributed by atoms with E-state index in [-0.39, 0.29) is 0 Å². The summed E-state index contributed by atoms with van der Waals surface area (Å²) in [6.07, 6.45) is 6.62. The molecule has 1 N–H and O–H groups in total. The molecule has 55 heavy (non-hydrogen) atoms. The minimum atomic E-state index is 0.962. The molecule has 10 rings (SSSR count). The number of hydrogen-bond acceptors (Lipinski definition) is 2. The summed E-state index contributed by atoms with van der Waals surface area (Å²) in [6.45, 7) is 4.60. The van der Waals surface area contributed by atoms with E-state index in [9.17, 15) is 0 Å². The molecule has 0 aliphatic carbocycles. The zero-order valence-electron chi connectivity index (χ0n) is 30.2. The number of nitrogens with zero attached hydrogens (tertiary/aromatic N) is 2. The average Bonchev–Trinajstić information content (AvgIpc) is 3.58. The van der Waals surface area contributed by atoms with Crippen LogP contribution in [0.15, 0.2) is 213 Å². The number of allylic oxidation sites excluding steroid dienone is 4. The van der Waals surface area contributed by atoms with E-state index in [0.717, 1.165) is 56.3 Å². The predicted octanol–water partition coefficient (Wildman–Crippen LogP) is 14.1. The third-order valence-electron chi connectivity index (χ3n) is 10.7. The molecule has 3 heteroatoms. The molecule has 3 nitrogen and oxygen atoms in total. The maximum Gasteiger partial charge on any atom is 0.0547 e. The lowest BCUT2D eigenvalue weighted by molar-refractivity contribution is 1.18. The van der Waals surface area contributed by atoms with Crippen LogP contribution in [0, 0.1) is 0 Å². The Morgan fingerprint density at radius 1 is 0.473 bits per heavy atom. The maximum absolute atomic E-state index is 4.60. The third-order valence-corrected chi connectivity index (χ3v) is 10.7. The first-order valence-electron chi connectivity index (χ1n) is 18.7. The van der Waals surface area contributed by atoms with E-state index >= 15 is 0 Å². The molecule has 0 unspecified atom stereocenters. The van der Waals surface area contributed by atoms with Gasteiger partial charge in [-0.1, -0.05) is 134 Å². The number of aromatic nitrogens is 1. The quantitative estimate of drug-likeness (QED) is 0.186. The molecular formula is C52H37N3. The molecule has 1 aromatic heterocycles. The monoisotopic (exact) mass is 703 g/mol. The first-order valence-corrected chi connectivity index (χ1v) is 18.7. The molecule has 1 aliphatic heterocycles. The van der Waals surface area contributed by atoms with Gasteiger partial charge in [-0.2, -0.15) is 0 Å². The molecule has 0 spiro atoms. The number of fused-ring (bicyclic) bond motifs is 5. The second-order valence-corrected chi connectivity index (χ2v) is 14.0. The molecule has 0 saturated carbocycles. The topological polar surface area (TPSA) is 20.2 Å². The molecule has 0 amide bonds. The Balaban J connectivity index is 1.20. The largest absolute Gasteiger partial charge is 0.355 e. The summed E-state index contributed by atoms with van der Waals surface area (Å²) in [6, 6.07) is 67.0. The van der Waals surface area contributed by atoms with Gasteiger partial charge in [0.15, 0.2) is 0 Å². The molecule has 0 atom stereocenters. The van der Waals surface area contributed by atoms with Gasteiger partial charge in [0.05, 0.1) is 16.7 Å². The van der Waals surface area contributed by atoms with Gasteiger partial charge in [0.2, 0.25) is 0 Å². The standard InChI is InChI=1S/C52H37N3/c1-36-34-39(32-33-54(40-18-4-2-5-19-40)49-27-12-10-22-42(36)49)38-30-31-48(53-47-26-14-17-37-16-8-9-23-43(37)47)46(35-38)44-25-15-29-51-52(44)45-24-11-13-28-50(45)55(51)41-20-6-3-7-21-41/h2-35,53H,1H2/b33-32-,39-34+. The van der Waals surface area contributed by atoms with E-state index in [1.807, 2.05) is 0 Å². The van der Waals surface area contributed by atoms with E-state index in [4.69, 9.17) is 0 Å². The van der Waals surface area contributed by atoms with Crippen molar-refractivity contribution in [3.8, 4) is 16.8 Å². The number of nitrogens with one attached hydrogen (secondary N) is 1. The van der Waals surface area contributed by atoms with E-state index in [2.05, 4.69) is 228 Å². The molecule has 2 heterocycles. The van der Waals surface area contributed by atoms with Crippen molar-refractivity contribution >= 4 is 66.5 Å². The molecule has 0 fully saturated rings. The van der Waals surface area contributed by atoms with Gasteiger partial charge in [-0.05, 0) is 100 Å². The van der Waals surface area contributed by atoms with E-state index in [1.165, 1.54) is 38.1 Å². The van der Waals surface area contributed by atoms with Crippen LogP contribution in [0.5, 0.6) is 0 Å². The number of para-hydroxylation sites is 4. The molecule has 1 aliphatic rings. The van der Waals surface area contributed by atoms with Crippen molar-refractivity contribution in [2.24, 2.45) is 0 Å². The van der Waals surface area contributed by atoms with Gasteiger partial charge in [0, 0.05) is 56.2 Å². The zero-order valence-corrected chi connectivity index (χ0v) is 30.2. The first kappa shape index (κ1) is 32.3. The summed E-state index contributed by atoms with van der Waals surface area (Å²) in [5, 5.41) is 8.71. The van der Waals surface area contributed by atoms with Gasteiger partial charge < -0.3 is 14.8 Å². The van der Waals surface area contributed by atoms with Crippen LogP contribution in [-0.4, -0.2) is 4.57 Å². The highest BCUT2D eigenvalue weighted by atomic mass is 15.1. The Morgan fingerprint density at radius 2 is 1.13 bits per heavy atom. The molecule has 9 aromatic rings. The molecular weight excluding hydrogens is 667 g/mol. The normalized spacial score (nSPS) is 14.3. The number of hydrogen-bond donors (Lipinski definition) is 1. The van der Waals surface area contributed by atoms with E-state index in [0.29, 0.717) is 0 Å². The molecule has 0 saturated heterocycles. The number of anilines is 4. The predicted molar refractivity (Wildman–Crippen MR) is 235 cm³/mol. The summed E-state index contributed by atoms with van der Waals surface area (Å²) >= 11 is 0. The fourth-order valence-electron chi connectivity index (χ4n) is 8.13. The van der Waals surface area contributed by atoms with Crippen molar-refractivity contribution in [3.05, 3.63) is 224 Å². The minimum absolute atomic E-state index is 0.962. The second kappa shape index (κ2) is 13.6. The van der Waals surface area contributed by atoms with Crippen molar-refractivity contribution in [2.45, 2.75) is 0 Å². The minimum Gasteiger partial charge on any atom is -0.355 e. The first-order chi connectivity index (χ1) is 27.2. The summed E-state index contributed by atoms with van der Waals surface area (Å²) < 4.78 is 2.38. The summed E-state index contributed by atoms with van der Waals surface area (Å²) in [7, 11) is 0. The van der Waals surface area contributed by atoms with Gasteiger partial charge in [0.1, 0.15) is 0 Å². The lowest BCUT2D eigenvalue weighted by atomic mass is 9.92. The highest BCUT2D eigenvalue weighted by Crippen LogP contribution is 2.44. The molecule has 0 radical (unpaired) electrons. The average molecular weight is 704 g/mol. The van der Waals surface area contributed by atoms with Gasteiger partial charge in [0.25, 0.3) is 0 Å². The van der Waals surface area contributed by atoms with Crippen molar-refractivity contribution < 1.29 is 0 Å². The van der Waals surface area contributed by atoms with Crippen molar-refractivity contribution in [2.75, 3.05) is 10.2 Å². The molecule has 260 valence electrons. The molecule has 8 aromatic carbocycles. The van der Waals surface area contributed by atoms with E-state index in [1.54, 1.807) is 0 Å². The second-order valence-electron chi connectivity index (χ2n) is 14.0. The Labute approximate surface area is 321 Å². The van der Waals surface area contributed by atoms with Crippen LogP contribution in [0.1, 0.15) is 11.1 Å². The Kier molecular flexibility index (Phi) is 7.96. The Bertz CT molecular complexity index is 2960. The van der Waals surface area contributed by atoms with Gasteiger partial charge in [-0.15, -0.1) is 0 Å². The third kappa shape index (κ3) is 5.70. The van der Waals surface area contributed by atoms with Crippen LogP contribution in [0.2, 0.25) is 0 Å². The van der Waals surface area contributed by atoms with Crippen LogP contribution in [0.25, 0.3) is 60.5 Å². The summed E-state index contributed by atoms with van der Waals surface area (Å²) in [5.41, 5.74) is 14.3. The molecule has 0 bridgehead atoms. The fourth-order valence-corrected chi connectivity index (χ4v) is 8.13. The fraction of sp³-hybridized carbons (Fsp3) is 0. The van der Waals surface area contributed by atoms with Gasteiger partial charge >= 0.3 is 0 Å². The van der Waals surface area contributed by atoms with Gasteiger partial charge in [-0.3, -0.25) is 0 Å². The Hall–Kier alpha value is -7.36. The smallest absolute Gasteiger partial charge is 0.0547 e. The SMILES string of the molecule is C=C1/C=C(c2ccc(Nc3cccc4ccccc34)c(-c3cccc4c3c3ccccc3n4-c3ccccc3)c2)\C=C/N(c2ccccc2)c2ccccc21. The lowest BCUT2D eigenvalue weighted by Gasteiger charge is -2.26. The van der Waals surface area contributed by atoms with Crippen LogP contribution in [0.3, 0.4) is 0 Å². The summed E-state index contributed by atoms with van der Waals surface area (Å²) in [4.78, 5) is 2.25. The maximum atomic E-state index is 4.60. The lowest BCUT2D eigenvalue weighted by Crippen LogP contribution is -2.11. The van der Waals surface area contributed by atoms with E-state index < -0.39 is 0 Å². The number of benzene rings is 8. The van der Waals surface area contributed by atoms with Gasteiger partial charge in [-0.25, -0.2) is 0 Å². The van der Waals surface area contributed by atoms with Crippen molar-refractivity contribution in [1.82, 2.24) is 4.57 Å². The summed E-state index contributed by atoms with van der Waals surface area (Å²) in [5.74, 6) is 0.